The van der Waals surface area contributed by atoms with Crippen LogP contribution in [0.1, 0.15) is 15.9 Å². The van der Waals surface area contributed by atoms with E-state index in [1.807, 2.05) is 31.2 Å². The number of aryl methyl sites for hydroxylation is 1. The molecule has 20 heavy (non-hydrogen) atoms. The van der Waals surface area contributed by atoms with Crippen LogP contribution < -0.4 is 4.72 Å². The minimum absolute atomic E-state index is 0. The Labute approximate surface area is 119 Å². The average molecular weight is 293 g/mol. The quantitative estimate of drug-likeness (QED) is 0.902. The van der Waals surface area contributed by atoms with Gasteiger partial charge in [0.1, 0.15) is 11.0 Å². The van der Waals surface area contributed by atoms with Gasteiger partial charge in [0.05, 0.1) is 10.5 Å². The molecule has 0 spiro atoms. The van der Waals surface area contributed by atoms with Gasteiger partial charge in [-0.1, -0.05) is 12.1 Å². The lowest BCUT2D eigenvalue weighted by Gasteiger charge is -2.07. The first-order valence-electron chi connectivity index (χ1n) is 5.65. The standard InChI is InChI=1S/C14H13NO3S.H2O/c1-10-3-2-4-12(9-10)15-19(18)13-7-5-11(6-8-13)14(16)17;/h2-9,15H,1H3,(H,16,17);1H2. The fourth-order valence-corrected chi connectivity index (χ4v) is 2.44. The molecule has 0 saturated heterocycles. The van der Waals surface area contributed by atoms with E-state index in [0.29, 0.717) is 4.90 Å². The van der Waals surface area contributed by atoms with E-state index >= 15 is 0 Å². The van der Waals surface area contributed by atoms with E-state index in [4.69, 9.17) is 5.11 Å². The lowest BCUT2D eigenvalue weighted by Crippen LogP contribution is -2.05. The first kappa shape index (κ1) is 15.9. The molecule has 0 aromatic heterocycles. The first-order chi connectivity index (χ1) is 9.06. The highest BCUT2D eigenvalue weighted by molar-refractivity contribution is 7.86. The van der Waals surface area contributed by atoms with Crippen LogP contribution in [0, 0.1) is 6.92 Å². The number of carboxylic acids is 1. The van der Waals surface area contributed by atoms with Crippen LogP contribution >= 0.6 is 0 Å². The predicted molar refractivity (Wildman–Crippen MR) is 78.2 cm³/mol. The summed E-state index contributed by atoms with van der Waals surface area (Å²) in [5.74, 6) is -0.996. The van der Waals surface area contributed by atoms with E-state index in [-0.39, 0.29) is 11.0 Å². The Hall–Kier alpha value is -2.18. The molecule has 0 heterocycles. The van der Waals surface area contributed by atoms with Crippen molar-refractivity contribution >= 4 is 22.6 Å². The van der Waals surface area contributed by atoms with Gasteiger partial charge < -0.3 is 15.3 Å². The topological polar surface area (TPSA) is 97.9 Å². The van der Waals surface area contributed by atoms with Crippen molar-refractivity contribution in [2.24, 2.45) is 0 Å². The molecule has 2 aromatic rings. The lowest BCUT2D eigenvalue weighted by atomic mass is 10.2. The van der Waals surface area contributed by atoms with Crippen molar-refractivity contribution in [3.8, 4) is 0 Å². The average Bonchev–Trinajstić information content (AvgIpc) is 2.39. The highest BCUT2D eigenvalue weighted by Crippen LogP contribution is 2.14. The summed E-state index contributed by atoms with van der Waals surface area (Å²) in [6.07, 6.45) is 0. The summed E-state index contributed by atoms with van der Waals surface area (Å²) >= 11 is 0. The molecule has 5 nitrogen and oxygen atoms in total. The van der Waals surface area contributed by atoms with Crippen LogP contribution in [0.3, 0.4) is 0 Å². The van der Waals surface area contributed by atoms with Gasteiger partial charge in [0, 0.05) is 5.69 Å². The van der Waals surface area contributed by atoms with Crippen LogP contribution in [0.15, 0.2) is 53.4 Å². The van der Waals surface area contributed by atoms with Gasteiger partial charge in [-0.25, -0.2) is 9.00 Å². The fourth-order valence-electron chi connectivity index (χ4n) is 1.60. The summed E-state index contributed by atoms with van der Waals surface area (Å²) < 4.78 is 14.9. The van der Waals surface area contributed by atoms with Crippen LogP contribution in [0.5, 0.6) is 0 Å². The van der Waals surface area contributed by atoms with Crippen molar-refractivity contribution in [2.75, 3.05) is 4.72 Å². The number of carboxylic acid groups (broad SMARTS) is 1. The number of benzene rings is 2. The maximum atomic E-state index is 12.1. The summed E-state index contributed by atoms with van der Waals surface area (Å²) in [6, 6.07) is 13.5. The SMILES string of the molecule is Cc1cccc(NS(=O)c2ccc(C(=O)O)cc2)c1.O. The van der Waals surface area contributed by atoms with E-state index in [2.05, 4.69) is 4.72 Å². The Kier molecular flexibility index (Phi) is 5.42. The zero-order chi connectivity index (χ0) is 13.8. The molecule has 106 valence electrons. The second-order valence-electron chi connectivity index (χ2n) is 4.07. The Morgan fingerprint density at radius 3 is 2.35 bits per heavy atom. The predicted octanol–water partition coefficient (Wildman–Crippen LogP) is 2.00. The van der Waals surface area contributed by atoms with E-state index in [9.17, 15) is 9.00 Å². The van der Waals surface area contributed by atoms with Gasteiger partial charge in [0.25, 0.3) is 0 Å². The highest BCUT2D eigenvalue weighted by atomic mass is 32.2. The Morgan fingerprint density at radius 1 is 1.15 bits per heavy atom. The molecule has 0 aliphatic carbocycles. The first-order valence-corrected chi connectivity index (χ1v) is 6.80. The van der Waals surface area contributed by atoms with Gasteiger partial charge in [-0.05, 0) is 48.9 Å². The van der Waals surface area contributed by atoms with E-state index in [1.165, 1.54) is 12.1 Å². The third-order valence-electron chi connectivity index (χ3n) is 2.54. The number of nitrogens with one attached hydrogen (secondary N) is 1. The number of hydrogen-bond donors (Lipinski definition) is 2. The third kappa shape index (κ3) is 3.91. The second-order valence-corrected chi connectivity index (χ2v) is 5.28. The van der Waals surface area contributed by atoms with E-state index in [1.54, 1.807) is 12.1 Å². The van der Waals surface area contributed by atoms with Crippen LogP contribution in [0.4, 0.5) is 5.69 Å². The lowest BCUT2D eigenvalue weighted by molar-refractivity contribution is 0.0697. The third-order valence-corrected chi connectivity index (χ3v) is 3.67. The molecule has 2 aromatic carbocycles. The molecule has 1 unspecified atom stereocenters. The summed E-state index contributed by atoms with van der Waals surface area (Å²) in [7, 11) is -1.41. The zero-order valence-electron chi connectivity index (χ0n) is 10.8. The molecule has 0 saturated carbocycles. The van der Waals surface area contributed by atoms with Gasteiger partial charge in [0.15, 0.2) is 0 Å². The van der Waals surface area contributed by atoms with Gasteiger partial charge in [-0.2, -0.15) is 0 Å². The number of rotatable bonds is 4. The summed E-state index contributed by atoms with van der Waals surface area (Å²) in [5, 5.41) is 8.79. The van der Waals surface area contributed by atoms with Crippen LogP contribution in [0.2, 0.25) is 0 Å². The minimum atomic E-state index is -1.41. The van der Waals surface area contributed by atoms with Crippen LogP contribution in [0.25, 0.3) is 0 Å². The van der Waals surface area contributed by atoms with Crippen molar-refractivity contribution in [3.63, 3.8) is 0 Å². The number of anilines is 1. The van der Waals surface area contributed by atoms with Crippen LogP contribution in [-0.4, -0.2) is 20.8 Å². The summed E-state index contributed by atoms with van der Waals surface area (Å²) in [4.78, 5) is 11.3. The number of hydrogen-bond acceptors (Lipinski definition) is 2. The Bertz CT molecular complexity index is 625. The molecule has 0 radical (unpaired) electrons. The molecule has 2 rings (SSSR count). The molecular weight excluding hydrogens is 278 g/mol. The fraction of sp³-hybridized carbons (Fsp3) is 0.0714. The van der Waals surface area contributed by atoms with E-state index < -0.39 is 17.0 Å². The van der Waals surface area contributed by atoms with Gasteiger partial charge in [-0.3, -0.25) is 0 Å². The van der Waals surface area contributed by atoms with Crippen molar-refractivity contribution < 1.29 is 19.6 Å². The largest absolute Gasteiger partial charge is 0.478 e. The molecule has 0 fully saturated rings. The molecule has 0 aliphatic rings. The summed E-state index contributed by atoms with van der Waals surface area (Å²) in [6.45, 7) is 1.95. The normalized spacial score (nSPS) is 11.2. The highest BCUT2D eigenvalue weighted by Gasteiger charge is 2.06. The molecule has 6 heteroatoms. The molecule has 1 atom stereocenters. The van der Waals surface area contributed by atoms with Crippen molar-refractivity contribution in [3.05, 3.63) is 59.7 Å². The minimum Gasteiger partial charge on any atom is -0.478 e. The number of carbonyl (C=O) groups is 1. The molecule has 4 N–H and O–H groups in total. The van der Waals surface area contributed by atoms with Crippen molar-refractivity contribution in [1.29, 1.82) is 0 Å². The van der Waals surface area contributed by atoms with Gasteiger partial charge in [-0.15, -0.1) is 0 Å². The van der Waals surface area contributed by atoms with Gasteiger partial charge >= 0.3 is 5.97 Å². The zero-order valence-corrected chi connectivity index (χ0v) is 11.6. The maximum Gasteiger partial charge on any atom is 0.335 e. The smallest absolute Gasteiger partial charge is 0.335 e. The molecular formula is C14H15NO4S. The van der Waals surface area contributed by atoms with E-state index in [0.717, 1.165) is 11.3 Å². The molecule has 0 bridgehead atoms. The van der Waals surface area contributed by atoms with Crippen molar-refractivity contribution in [2.45, 2.75) is 11.8 Å². The van der Waals surface area contributed by atoms with Crippen molar-refractivity contribution in [1.82, 2.24) is 0 Å². The summed E-state index contributed by atoms with van der Waals surface area (Å²) in [5.41, 5.74) is 2.01. The Morgan fingerprint density at radius 2 is 1.80 bits per heavy atom. The van der Waals surface area contributed by atoms with Crippen LogP contribution in [-0.2, 0) is 11.0 Å². The maximum absolute atomic E-state index is 12.1. The Balaban J connectivity index is 0.00000200. The number of aromatic carboxylic acids is 1. The molecule has 0 aliphatic heterocycles. The monoisotopic (exact) mass is 293 g/mol. The molecule has 0 amide bonds. The second kappa shape index (κ2) is 6.83. The van der Waals surface area contributed by atoms with Gasteiger partial charge in [0.2, 0.25) is 0 Å².